The maximum Gasteiger partial charge on any atom is 0.335 e. The van der Waals surface area contributed by atoms with Crippen LogP contribution >= 0.6 is 0 Å². The van der Waals surface area contributed by atoms with Gasteiger partial charge in [-0.2, -0.15) is 15.3 Å². The number of H-pyrrole nitrogens is 3. The van der Waals surface area contributed by atoms with Gasteiger partial charge in [0.05, 0.1) is 80.7 Å². The van der Waals surface area contributed by atoms with Crippen LogP contribution in [0, 0.1) is 31.3 Å². The van der Waals surface area contributed by atoms with Crippen molar-refractivity contribution in [3.63, 3.8) is 0 Å². The lowest BCUT2D eigenvalue weighted by atomic mass is 9.89. The summed E-state index contributed by atoms with van der Waals surface area (Å²) in [7, 11) is 1.63. The van der Waals surface area contributed by atoms with E-state index < -0.39 is 17.9 Å². The van der Waals surface area contributed by atoms with Gasteiger partial charge in [0.15, 0.2) is 0 Å². The van der Waals surface area contributed by atoms with Crippen LogP contribution in [0.25, 0.3) is 116 Å². The molecule has 1 aliphatic heterocycles. The van der Waals surface area contributed by atoms with Gasteiger partial charge in [0.2, 0.25) is 0 Å². The zero-order chi connectivity index (χ0) is 68.2. The Morgan fingerprint density at radius 3 is 1.49 bits per heavy atom. The number of aromatic amines is 3. The van der Waals surface area contributed by atoms with Gasteiger partial charge >= 0.3 is 17.9 Å². The van der Waals surface area contributed by atoms with Crippen LogP contribution in [0.15, 0.2) is 188 Å². The Labute approximate surface area is 557 Å². The van der Waals surface area contributed by atoms with Gasteiger partial charge in [-0.05, 0) is 188 Å². The van der Waals surface area contributed by atoms with E-state index in [1.807, 2.05) is 48.5 Å². The van der Waals surface area contributed by atoms with Crippen LogP contribution in [0.5, 0.6) is 0 Å². The summed E-state index contributed by atoms with van der Waals surface area (Å²) in [5.74, 6) is -3.39. The molecule has 20 heteroatoms. The Balaban J connectivity index is 0.000000126. The molecule has 0 atom stereocenters. The summed E-state index contributed by atoms with van der Waals surface area (Å²) >= 11 is 0. The maximum absolute atomic E-state index is 14.4. The number of nitrogens with one attached hydrogen (secondary N) is 3. The minimum atomic E-state index is -0.975. The van der Waals surface area contributed by atoms with Gasteiger partial charge in [-0.1, -0.05) is 56.3 Å². The molecule has 0 bridgehead atoms. The van der Waals surface area contributed by atoms with E-state index in [9.17, 15) is 42.9 Å². The number of nitrogens with zero attached hydrogens (tertiary/aromatic N) is 6. The molecule has 1 saturated heterocycles. The number of hydrogen-bond acceptors (Lipinski definition) is 8. The number of rotatable bonds is 13. The third-order valence-corrected chi connectivity index (χ3v) is 18.3. The summed E-state index contributed by atoms with van der Waals surface area (Å²) in [4.78, 5) is 34.4. The van der Waals surface area contributed by atoms with E-state index >= 15 is 0 Å². The number of carboxylic acids is 3. The fourth-order valence-electron chi connectivity index (χ4n) is 13.7. The summed E-state index contributed by atoms with van der Waals surface area (Å²) in [5.41, 5.74) is 18.3. The highest BCUT2D eigenvalue weighted by Crippen LogP contribution is 2.47. The summed E-state index contributed by atoms with van der Waals surface area (Å²) in [5, 5.41) is 55.7. The first kappa shape index (κ1) is 63.5. The van der Waals surface area contributed by atoms with Crippen molar-refractivity contribution < 1.29 is 52.3 Å². The number of hydrogen-bond donors (Lipinski definition) is 6. The van der Waals surface area contributed by atoms with Crippen molar-refractivity contribution in [3.8, 4) is 50.4 Å². The largest absolute Gasteiger partial charge is 0.478 e. The molecule has 0 spiro atoms. The number of ether oxygens (including phenoxy) is 2. The molecule has 15 aromatic rings. The first-order chi connectivity index (χ1) is 47.4. The number of methoxy groups -OCH3 is 1. The highest BCUT2D eigenvalue weighted by molar-refractivity contribution is 6.09. The predicted molar refractivity (Wildman–Crippen MR) is 373 cm³/mol. The fraction of sp³-hybridized carbons (Fsp3) is 0.154. The Kier molecular flexibility index (Phi) is 16.9. The number of carbonyl (C=O) groups is 3. The molecule has 7 heterocycles. The SMILES string of the molecule is COCc1c(-c2ccc(C(=O)O)cc2)c2cc3[nH]ncc3cc2n1-c1ccc(F)c(C)c1.Cc1cc(-n2c(C(C)C)c(-c3cccc(C(=O)O)c3)c3cc4[nH]ncc4cc32)ccc1F.O=C(O)c1ccc(-c2c(C3CCOCC3)n(-c3cccc(F)c3)c3cc4cn[nH]c4cc23)cc1. The Morgan fingerprint density at radius 1 is 0.520 bits per heavy atom. The van der Waals surface area contributed by atoms with Crippen LogP contribution in [0.2, 0.25) is 0 Å². The Bertz CT molecular complexity index is 5620. The molecule has 6 aromatic heterocycles. The summed E-state index contributed by atoms with van der Waals surface area (Å²) in [6, 6.07) is 49.9. The van der Waals surface area contributed by atoms with E-state index in [2.05, 4.69) is 82.4 Å². The summed E-state index contributed by atoms with van der Waals surface area (Å²) in [6.45, 7) is 9.35. The van der Waals surface area contributed by atoms with Crippen molar-refractivity contribution in [2.45, 2.75) is 59.0 Å². The number of fused-ring (bicyclic) bond motifs is 6. The smallest absolute Gasteiger partial charge is 0.335 e. The zero-order valence-corrected chi connectivity index (χ0v) is 53.8. The van der Waals surface area contributed by atoms with E-state index in [1.165, 1.54) is 18.2 Å². The van der Waals surface area contributed by atoms with Crippen molar-refractivity contribution in [3.05, 3.63) is 251 Å². The van der Waals surface area contributed by atoms with Crippen molar-refractivity contribution in [2.75, 3.05) is 20.3 Å². The maximum atomic E-state index is 14.4. The lowest BCUT2D eigenvalue weighted by Gasteiger charge is -2.26. The van der Waals surface area contributed by atoms with Crippen LogP contribution in [0.1, 0.15) is 97.8 Å². The molecule has 0 unspecified atom stereocenters. The molecule has 0 aliphatic carbocycles. The number of carboxylic acid groups (broad SMARTS) is 3. The third kappa shape index (κ3) is 11.7. The van der Waals surface area contributed by atoms with Gasteiger partial charge in [0, 0.05) is 104 Å². The van der Waals surface area contributed by atoms with E-state index in [1.54, 1.807) is 118 Å². The highest BCUT2D eigenvalue weighted by Gasteiger charge is 2.30. The average molecular weight is 1310 g/mol. The van der Waals surface area contributed by atoms with Gasteiger partial charge in [-0.25, -0.2) is 27.6 Å². The molecule has 17 nitrogen and oxygen atoms in total. The van der Waals surface area contributed by atoms with Gasteiger partial charge in [0.1, 0.15) is 17.5 Å². The number of halogens is 3. The van der Waals surface area contributed by atoms with E-state index in [-0.39, 0.29) is 46.0 Å². The first-order valence-electron chi connectivity index (χ1n) is 31.8. The van der Waals surface area contributed by atoms with E-state index in [4.69, 9.17) is 9.47 Å². The van der Waals surface area contributed by atoms with E-state index in [0.717, 1.165) is 146 Å². The lowest BCUT2D eigenvalue weighted by molar-refractivity contribution is 0.0686. The van der Waals surface area contributed by atoms with Crippen molar-refractivity contribution in [1.82, 2.24) is 44.3 Å². The van der Waals surface area contributed by atoms with Crippen molar-refractivity contribution in [1.29, 1.82) is 0 Å². The monoisotopic (exact) mass is 1310 g/mol. The molecule has 6 N–H and O–H groups in total. The normalized spacial score (nSPS) is 12.7. The van der Waals surface area contributed by atoms with Gasteiger partial charge in [0.25, 0.3) is 0 Å². The molecule has 0 amide bonds. The van der Waals surface area contributed by atoms with Crippen LogP contribution in [0.4, 0.5) is 13.2 Å². The predicted octanol–water partition coefficient (Wildman–Crippen LogP) is 17.8. The Morgan fingerprint density at radius 2 is 0.990 bits per heavy atom. The summed E-state index contributed by atoms with van der Waals surface area (Å²) < 4.78 is 60.1. The van der Waals surface area contributed by atoms with Crippen LogP contribution in [-0.4, -0.2) is 97.8 Å². The average Bonchev–Trinajstić information content (AvgIpc) is 1.59. The van der Waals surface area contributed by atoms with Crippen molar-refractivity contribution >= 4 is 83.3 Å². The van der Waals surface area contributed by atoms with E-state index in [0.29, 0.717) is 30.9 Å². The van der Waals surface area contributed by atoms with Crippen LogP contribution < -0.4 is 0 Å². The first-order valence-corrected chi connectivity index (χ1v) is 31.8. The number of aromatic nitrogens is 9. The molecular formula is C78H64F3N9O8. The molecule has 490 valence electrons. The molecule has 1 fully saturated rings. The molecule has 1 aliphatic rings. The summed E-state index contributed by atoms with van der Waals surface area (Å²) in [6.07, 6.45) is 7.03. The molecule has 0 saturated carbocycles. The second-order valence-electron chi connectivity index (χ2n) is 24.8. The number of aryl methyl sites for hydroxylation is 2. The second kappa shape index (κ2) is 26.0. The molecule has 98 heavy (non-hydrogen) atoms. The molecule has 0 radical (unpaired) electrons. The van der Waals surface area contributed by atoms with Gasteiger partial charge < -0.3 is 38.5 Å². The second-order valence-corrected chi connectivity index (χ2v) is 24.8. The topological polar surface area (TPSA) is 231 Å². The Hall–Kier alpha value is -11.9. The molecular weight excluding hydrogens is 1250 g/mol. The highest BCUT2D eigenvalue weighted by atomic mass is 19.1. The molecule has 16 rings (SSSR count). The van der Waals surface area contributed by atoms with Gasteiger partial charge in [-0.3, -0.25) is 15.3 Å². The number of benzene rings is 9. The van der Waals surface area contributed by atoms with Crippen LogP contribution in [-0.2, 0) is 16.1 Å². The number of aromatic carboxylic acids is 3. The third-order valence-electron chi connectivity index (χ3n) is 18.3. The lowest BCUT2D eigenvalue weighted by Crippen LogP contribution is -2.17. The fourth-order valence-corrected chi connectivity index (χ4v) is 13.7. The zero-order valence-electron chi connectivity index (χ0n) is 53.8. The minimum Gasteiger partial charge on any atom is -0.478 e. The van der Waals surface area contributed by atoms with Crippen LogP contribution in [0.3, 0.4) is 0 Å². The van der Waals surface area contributed by atoms with Gasteiger partial charge in [-0.15, -0.1) is 0 Å². The van der Waals surface area contributed by atoms with Crippen molar-refractivity contribution in [2.24, 2.45) is 0 Å². The standard InChI is InChI=1S/C27H22FN3O3.C26H22FN3O2.C25H20FN3O3/c28-20-2-1-3-21(13-20)31-24-12-19-15-29-30-23(19)14-22(24)25(26(31)17-8-10-34-11-9-17)16-4-6-18(7-5-16)27(32)33;1-14(2)25-24(16-5-4-6-17(10-16)26(31)32)20-12-22-18(13-28-29-22)11-23(20)30(25)19-7-8-21(27)15(3)9-19;1-14-9-18(7-8-20(14)26)29-22-10-17-12-27-28-21(17)11-19(22)24(23(29)13-32-2)15-3-5-16(6-4-15)25(30)31/h1-7,12-15,17H,8-11H2,(H,29,30)(H,32,33);4-14H,1-3H3,(H,28,29)(H,31,32);3-12H,13H2,1-2H3,(H,27,28)(H,30,31). The quantitative estimate of drug-likeness (QED) is 0.0636. The molecule has 9 aromatic carbocycles. The minimum absolute atomic E-state index is 0.118.